The molecule has 1 aliphatic rings. The summed E-state index contributed by atoms with van der Waals surface area (Å²) in [6.07, 6.45) is 2.29. The quantitative estimate of drug-likeness (QED) is 0.870. The first-order valence-corrected chi connectivity index (χ1v) is 7.97. The Morgan fingerprint density at radius 2 is 2.10 bits per heavy atom. The van der Waals surface area contributed by atoms with Gasteiger partial charge in [-0.05, 0) is 56.9 Å². The first-order chi connectivity index (χ1) is 9.95. The molecule has 0 bridgehead atoms. The second-order valence-corrected chi connectivity index (χ2v) is 6.60. The van der Waals surface area contributed by atoms with Gasteiger partial charge in [0, 0.05) is 17.8 Å². The van der Waals surface area contributed by atoms with Crippen molar-refractivity contribution in [2.75, 3.05) is 26.7 Å². The van der Waals surface area contributed by atoms with Crippen molar-refractivity contribution in [2.45, 2.75) is 32.6 Å². The summed E-state index contributed by atoms with van der Waals surface area (Å²) in [4.78, 5) is 18.9. The van der Waals surface area contributed by atoms with E-state index in [-0.39, 0.29) is 11.8 Å². The van der Waals surface area contributed by atoms with E-state index in [0.29, 0.717) is 16.6 Å². The molecule has 4 nitrogen and oxygen atoms in total. The van der Waals surface area contributed by atoms with Gasteiger partial charge in [-0.1, -0.05) is 25.4 Å². The molecule has 21 heavy (non-hydrogen) atoms. The van der Waals surface area contributed by atoms with Crippen molar-refractivity contribution in [3.8, 4) is 0 Å². The fraction of sp³-hybridized carbons (Fsp3) is 0.625. The number of carbonyl (C=O) groups excluding carboxylic acids is 1. The van der Waals surface area contributed by atoms with E-state index in [1.165, 1.54) is 0 Å². The minimum absolute atomic E-state index is 0.0554. The standard InChI is InChI=1S/C16H24ClN3O/c1-11(2)14-8-13(9-15(17)19-14)16(21)18-10-12-4-6-20(3)7-5-12/h8-9,11-12H,4-7,10H2,1-3H3,(H,18,21). The second-order valence-electron chi connectivity index (χ2n) is 6.21. The van der Waals surface area contributed by atoms with E-state index >= 15 is 0 Å². The van der Waals surface area contributed by atoms with Gasteiger partial charge >= 0.3 is 0 Å². The highest BCUT2D eigenvalue weighted by Crippen LogP contribution is 2.18. The monoisotopic (exact) mass is 309 g/mol. The van der Waals surface area contributed by atoms with E-state index in [1.807, 2.05) is 19.9 Å². The third-order valence-corrected chi connectivity index (χ3v) is 4.25. The van der Waals surface area contributed by atoms with Crippen LogP contribution in [0.3, 0.4) is 0 Å². The van der Waals surface area contributed by atoms with Crippen molar-refractivity contribution >= 4 is 17.5 Å². The number of carbonyl (C=O) groups is 1. The SMILES string of the molecule is CC(C)c1cc(C(=O)NCC2CCN(C)CC2)cc(Cl)n1. The van der Waals surface area contributed by atoms with Crippen LogP contribution in [0.5, 0.6) is 0 Å². The van der Waals surface area contributed by atoms with Gasteiger partial charge in [0.25, 0.3) is 5.91 Å². The zero-order valence-corrected chi connectivity index (χ0v) is 13.8. The van der Waals surface area contributed by atoms with Crippen LogP contribution in [-0.4, -0.2) is 42.5 Å². The van der Waals surface area contributed by atoms with E-state index in [2.05, 4.69) is 22.2 Å². The van der Waals surface area contributed by atoms with Crippen LogP contribution in [0.1, 0.15) is 48.7 Å². The Balaban J connectivity index is 1.94. The highest BCUT2D eigenvalue weighted by Gasteiger charge is 2.18. The van der Waals surface area contributed by atoms with E-state index in [9.17, 15) is 4.79 Å². The Labute approximate surface area is 131 Å². The van der Waals surface area contributed by atoms with Crippen LogP contribution in [0.2, 0.25) is 5.15 Å². The van der Waals surface area contributed by atoms with Crippen LogP contribution in [0.15, 0.2) is 12.1 Å². The third kappa shape index (κ3) is 4.68. The smallest absolute Gasteiger partial charge is 0.251 e. The summed E-state index contributed by atoms with van der Waals surface area (Å²) >= 11 is 6.01. The molecular weight excluding hydrogens is 286 g/mol. The van der Waals surface area contributed by atoms with Crippen LogP contribution in [0.4, 0.5) is 0 Å². The lowest BCUT2D eigenvalue weighted by Crippen LogP contribution is -2.36. The van der Waals surface area contributed by atoms with E-state index in [1.54, 1.807) is 6.07 Å². The zero-order chi connectivity index (χ0) is 15.4. The molecule has 0 atom stereocenters. The first-order valence-electron chi connectivity index (χ1n) is 7.60. The van der Waals surface area contributed by atoms with Crippen LogP contribution in [0, 0.1) is 5.92 Å². The minimum atomic E-state index is -0.0554. The molecule has 2 heterocycles. The van der Waals surface area contributed by atoms with Gasteiger partial charge in [0.15, 0.2) is 0 Å². The average Bonchev–Trinajstić information content (AvgIpc) is 2.45. The normalized spacial score (nSPS) is 17.2. The molecule has 0 aliphatic carbocycles. The number of aromatic nitrogens is 1. The van der Waals surface area contributed by atoms with Gasteiger partial charge in [0.1, 0.15) is 5.15 Å². The molecule has 1 amide bonds. The number of nitrogens with zero attached hydrogens (tertiary/aromatic N) is 2. The van der Waals surface area contributed by atoms with Crippen LogP contribution >= 0.6 is 11.6 Å². The molecule has 116 valence electrons. The number of pyridine rings is 1. The molecule has 0 saturated carbocycles. The molecule has 1 aliphatic heterocycles. The number of amides is 1. The average molecular weight is 310 g/mol. The minimum Gasteiger partial charge on any atom is -0.352 e. The van der Waals surface area contributed by atoms with E-state index in [4.69, 9.17) is 11.6 Å². The van der Waals surface area contributed by atoms with Gasteiger partial charge in [-0.15, -0.1) is 0 Å². The fourth-order valence-electron chi connectivity index (χ4n) is 2.55. The number of hydrogen-bond acceptors (Lipinski definition) is 3. The second kappa shape index (κ2) is 7.23. The van der Waals surface area contributed by atoms with E-state index in [0.717, 1.165) is 38.2 Å². The summed E-state index contributed by atoms with van der Waals surface area (Å²) in [6.45, 7) is 7.04. The third-order valence-electron chi connectivity index (χ3n) is 4.06. The summed E-state index contributed by atoms with van der Waals surface area (Å²) in [5.41, 5.74) is 1.46. The van der Waals surface area contributed by atoms with Crippen molar-refractivity contribution in [1.82, 2.24) is 15.2 Å². The Bertz CT molecular complexity index is 496. The summed E-state index contributed by atoms with van der Waals surface area (Å²) in [5, 5.41) is 3.41. The largest absolute Gasteiger partial charge is 0.352 e. The van der Waals surface area contributed by atoms with Crippen molar-refractivity contribution in [3.63, 3.8) is 0 Å². The molecule has 1 N–H and O–H groups in total. The zero-order valence-electron chi connectivity index (χ0n) is 13.0. The molecule has 0 spiro atoms. The van der Waals surface area contributed by atoms with E-state index < -0.39 is 0 Å². The summed E-state index contributed by atoms with van der Waals surface area (Å²) in [7, 11) is 2.14. The highest BCUT2D eigenvalue weighted by molar-refractivity contribution is 6.29. The number of rotatable bonds is 4. The molecule has 5 heteroatoms. The van der Waals surface area contributed by atoms with Gasteiger partial charge < -0.3 is 10.2 Å². The maximum Gasteiger partial charge on any atom is 0.251 e. The number of nitrogens with one attached hydrogen (secondary N) is 1. The van der Waals surface area contributed by atoms with Crippen molar-refractivity contribution in [2.24, 2.45) is 5.92 Å². The van der Waals surface area contributed by atoms with Crippen molar-refractivity contribution in [3.05, 3.63) is 28.5 Å². The van der Waals surface area contributed by atoms with Crippen LogP contribution in [-0.2, 0) is 0 Å². The summed E-state index contributed by atoms with van der Waals surface area (Å²) in [5.74, 6) is 0.774. The molecule has 0 aromatic carbocycles. The lowest BCUT2D eigenvalue weighted by molar-refractivity contribution is 0.0939. The molecule has 1 saturated heterocycles. The van der Waals surface area contributed by atoms with Gasteiger partial charge in [0.2, 0.25) is 0 Å². The van der Waals surface area contributed by atoms with Gasteiger partial charge in [-0.2, -0.15) is 0 Å². The molecule has 0 radical (unpaired) electrons. The Hall–Kier alpha value is -1.13. The van der Waals surface area contributed by atoms with Crippen LogP contribution < -0.4 is 5.32 Å². The van der Waals surface area contributed by atoms with Crippen molar-refractivity contribution in [1.29, 1.82) is 0 Å². The predicted octanol–water partition coefficient (Wildman–Crippen LogP) is 2.93. The molecule has 1 fully saturated rings. The summed E-state index contributed by atoms with van der Waals surface area (Å²) < 4.78 is 0. The maximum absolute atomic E-state index is 12.3. The lowest BCUT2D eigenvalue weighted by Gasteiger charge is -2.28. The summed E-state index contributed by atoms with van der Waals surface area (Å²) in [6, 6.07) is 3.47. The molecule has 0 unspecified atom stereocenters. The fourth-order valence-corrected chi connectivity index (χ4v) is 2.76. The topological polar surface area (TPSA) is 45.2 Å². The molecular formula is C16H24ClN3O. The molecule has 1 aromatic heterocycles. The van der Waals surface area contributed by atoms with Gasteiger partial charge in [-0.3, -0.25) is 4.79 Å². The number of piperidine rings is 1. The first kappa shape index (κ1) is 16.2. The lowest BCUT2D eigenvalue weighted by atomic mass is 9.97. The van der Waals surface area contributed by atoms with Crippen molar-refractivity contribution < 1.29 is 4.79 Å². The Kier molecular flexibility index (Phi) is 5.59. The van der Waals surface area contributed by atoms with Gasteiger partial charge in [0.05, 0.1) is 0 Å². The van der Waals surface area contributed by atoms with Crippen LogP contribution in [0.25, 0.3) is 0 Å². The predicted molar refractivity (Wildman–Crippen MR) is 85.9 cm³/mol. The highest BCUT2D eigenvalue weighted by atomic mass is 35.5. The number of likely N-dealkylation sites (tertiary alicyclic amines) is 1. The maximum atomic E-state index is 12.3. The number of halogens is 1. The van der Waals surface area contributed by atoms with Gasteiger partial charge in [-0.25, -0.2) is 4.98 Å². The number of hydrogen-bond donors (Lipinski definition) is 1. The molecule has 2 rings (SSSR count). The Morgan fingerprint density at radius 1 is 1.43 bits per heavy atom. The Morgan fingerprint density at radius 3 is 2.71 bits per heavy atom. The molecule has 1 aromatic rings.